The van der Waals surface area contributed by atoms with Gasteiger partial charge in [0.2, 0.25) is 0 Å². The summed E-state index contributed by atoms with van der Waals surface area (Å²) >= 11 is 0. The van der Waals surface area contributed by atoms with Crippen molar-refractivity contribution in [2.75, 3.05) is 6.54 Å². The number of hydrogen-bond donors (Lipinski definition) is 1. The van der Waals surface area contributed by atoms with Crippen molar-refractivity contribution >= 4 is 0 Å². The fraction of sp³-hybridized carbons (Fsp3) is 1.00. The van der Waals surface area contributed by atoms with Crippen molar-refractivity contribution in [3.8, 4) is 0 Å². The summed E-state index contributed by atoms with van der Waals surface area (Å²) in [5.74, 6) is 1.72. The van der Waals surface area contributed by atoms with Gasteiger partial charge in [0, 0.05) is 18.1 Å². The first-order valence-corrected chi connectivity index (χ1v) is 7.11. The average molecular weight is 224 g/mol. The Kier molecular flexibility index (Phi) is 3.91. The molecule has 2 nitrogen and oxygen atoms in total. The van der Waals surface area contributed by atoms with Crippen LogP contribution in [0.1, 0.15) is 52.9 Å². The highest BCUT2D eigenvalue weighted by atomic mass is 15.2. The lowest BCUT2D eigenvalue weighted by molar-refractivity contribution is 0.0308. The topological polar surface area (TPSA) is 29.3 Å². The molecule has 2 aliphatic rings. The number of nitrogens with zero attached hydrogens (tertiary/aromatic N) is 1. The lowest BCUT2D eigenvalue weighted by Crippen LogP contribution is -2.57. The lowest BCUT2D eigenvalue weighted by Gasteiger charge is -2.47. The van der Waals surface area contributed by atoms with Gasteiger partial charge in [-0.05, 0) is 57.4 Å². The predicted molar refractivity (Wildman–Crippen MR) is 69.3 cm³/mol. The van der Waals surface area contributed by atoms with Crippen LogP contribution in [0, 0.1) is 11.8 Å². The molecule has 0 radical (unpaired) electrons. The Morgan fingerprint density at radius 2 is 1.81 bits per heavy atom. The summed E-state index contributed by atoms with van der Waals surface area (Å²) in [6.07, 6.45) is 6.63. The number of nitrogens with two attached hydrogens (primary N) is 1. The van der Waals surface area contributed by atoms with Gasteiger partial charge in [-0.3, -0.25) is 4.90 Å². The van der Waals surface area contributed by atoms with Crippen molar-refractivity contribution in [3.63, 3.8) is 0 Å². The van der Waals surface area contributed by atoms with E-state index in [0.717, 1.165) is 17.9 Å². The minimum Gasteiger partial charge on any atom is -0.326 e. The van der Waals surface area contributed by atoms with Crippen LogP contribution in [0.25, 0.3) is 0 Å². The summed E-state index contributed by atoms with van der Waals surface area (Å²) in [6.45, 7) is 8.46. The van der Waals surface area contributed by atoms with Crippen molar-refractivity contribution in [2.45, 2.75) is 71.0 Å². The maximum Gasteiger partial charge on any atom is 0.0252 e. The van der Waals surface area contributed by atoms with Crippen molar-refractivity contribution in [3.05, 3.63) is 0 Å². The lowest BCUT2D eigenvalue weighted by atomic mass is 9.80. The molecular formula is C14H28N2. The van der Waals surface area contributed by atoms with Gasteiger partial charge in [-0.15, -0.1) is 0 Å². The maximum atomic E-state index is 6.34. The van der Waals surface area contributed by atoms with Crippen molar-refractivity contribution < 1.29 is 0 Å². The molecule has 0 aromatic heterocycles. The molecule has 2 heteroatoms. The minimum absolute atomic E-state index is 0.420. The van der Waals surface area contributed by atoms with E-state index in [4.69, 9.17) is 5.73 Å². The van der Waals surface area contributed by atoms with Crippen LogP contribution in [0.15, 0.2) is 0 Å². The zero-order valence-electron chi connectivity index (χ0n) is 11.2. The molecule has 5 atom stereocenters. The Morgan fingerprint density at radius 3 is 2.56 bits per heavy atom. The van der Waals surface area contributed by atoms with Crippen LogP contribution in [-0.4, -0.2) is 29.6 Å². The molecule has 0 spiro atoms. The molecule has 16 heavy (non-hydrogen) atoms. The molecule has 1 saturated heterocycles. The van der Waals surface area contributed by atoms with Crippen LogP contribution in [0.5, 0.6) is 0 Å². The smallest absolute Gasteiger partial charge is 0.0252 e. The maximum absolute atomic E-state index is 6.34. The zero-order valence-corrected chi connectivity index (χ0v) is 11.2. The fourth-order valence-electron chi connectivity index (χ4n) is 3.59. The van der Waals surface area contributed by atoms with E-state index >= 15 is 0 Å². The van der Waals surface area contributed by atoms with Gasteiger partial charge in [-0.1, -0.05) is 13.8 Å². The van der Waals surface area contributed by atoms with E-state index < -0.39 is 0 Å². The second kappa shape index (κ2) is 5.05. The van der Waals surface area contributed by atoms with Gasteiger partial charge in [0.25, 0.3) is 0 Å². The Balaban J connectivity index is 2.03. The fourth-order valence-corrected chi connectivity index (χ4v) is 3.59. The molecule has 1 saturated carbocycles. The second-order valence-corrected chi connectivity index (χ2v) is 6.25. The highest BCUT2D eigenvalue weighted by molar-refractivity contribution is 4.92. The van der Waals surface area contributed by atoms with Crippen LogP contribution in [0.4, 0.5) is 0 Å². The van der Waals surface area contributed by atoms with Crippen LogP contribution < -0.4 is 5.73 Å². The summed E-state index contributed by atoms with van der Waals surface area (Å²) in [5, 5.41) is 0. The van der Waals surface area contributed by atoms with E-state index in [9.17, 15) is 0 Å². The van der Waals surface area contributed by atoms with E-state index in [-0.39, 0.29) is 0 Å². The molecule has 5 unspecified atom stereocenters. The van der Waals surface area contributed by atoms with Gasteiger partial charge in [0.15, 0.2) is 0 Å². The van der Waals surface area contributed by atoms with Gasteiger partial charge < -0.3 is 5.73 Å². The minimum atomic E-state index is 0.420. The van der Waals surface area contributed by atoms with Crippen molar-refractivity contribution in [1.29, 1.82) is 0 Å². The van der Waals surface area contributed by atoms with Gasteiger partial charge in [0.1, 0.15) is 0 Å². The molecule has 2 fully saturated rings. The first-order valence-electron chi connectivity index (χ1n) is 7.11. The molecular weight excluding hydrogens is 196 g/mol. The Bertz CT molecular complexity index is 229. The molecule has 94 valence electrons. The highest BCUT2D eigenvalue weighted by Crippen LogP contribution is 2.32. The SMILES string of the molecule is CC1CCC(N)C(N2CCCC(C)C2C)C1. The Labute approximate surface area is 101 Å². The molecule has 1 aliphatic heterocycles. The molecule has 2 N–H and O–H groups in total. The number of hydrogen-bond acceptors (Lipinski definition) is 2. The Hall–Kier alpha value is -0.0800. The summed E-state index contributed by atoms with van der Waals surface area (Å²) in [4.78, 5) is 2.72. The molecule has 0 amide bonds. The third-order valence-electron chi connectivity index (χ3n) is 4.98. The van der Waals surface area contributed by atoms with Crippen LogP contribution in [-0.2, 0) is 0 Å². The second-order valence-electron chi connectivity index (χ2n) is 6.25. The third kappa shape index (κ3) is 2.43. The standard InChI is InChI=1S/C14H28N2/c1-10-6-7-13(15)14(9-10)16-8-4-5-11(2)12(16)3/h10-14H,4-9,15H2,1-3H3. The van der Waals surface area contributed by atoms with E-state index in [0.29, 0.717) is 12.1 Å². The first-order chi connectivity index (χ1) is 7.59. The number of rotatable bonds is 1. The van der Waals surface area contributed by atoms with Crippen molar-refractivity contribution in [2.24, 2.45) is 17.6 Å². The molecule has 1 aliphatic carbocycles. The Morgan fingerprint density at radius 1 is 1.06 bits per heavy atom. The highest BCUT2D eigenvalue weighted by Gasteiger charge is 2.36. The number of piperidine rings is 1. The average Bonchev–Trinajstić information content (AvgIpc) is 2.26. The third-order valence-corrected chi connectivity index (χ3v) is 4.98. The molecule has 0 aromatic rings. The van der Waals surface area contributed by atoms with Gasteiger partial charge in [0.05, 0.1) is 0 Å². The zero-order chi connectivity index (χ0) is 11.7. The van der Waals surface area contributed by atoms with Crippen molar-refractivity contribution in [1.82, 2.24) is 4.90 Å². The van der Waals surface area contributed by atoms with E-state index in [1.54, 1.807) is 0 Å². The van der Waals surface area contributed by atoms with E-state index in [2.05, 4.69) is 25.7 Å². The summed E-state index contributed by atoms with van der Waals surface area (Å²) < 4.78 is 0. The predicted octanol–water partition coefficient (Wildman–Crippen LogP) is 2.62. The van der Waals surface area contributed by atoms with E-state index in [1.807, 2.05) is 0 Å². The quantitative estimate of drug-likeness (QED) is 0.742. The normalized spacial score (nSPS) is 46.9. The van der Waals surface area contributed by atoms with Crippen LogP contribution in [0.3, 0.4) is 0 Å². The summed E-state index contributed by atoms with van der Waals surface area (Å²) in [6, 6.07) is 1.81. The molecule has 2 rings (SSSR count). The monoisotopic (exact) mass is 224 g/mol. The van der Waals surface area contributed by atoms with Gasteiger partial charge in [-0.2, -0.15) is 0 Å². The number of likely N-dealkylation sites (tertiary alicyclic amines) is 1. The largest absolute Gasteiger partial charge is 0.326 e. The first kappa shape index (κ1) is 12.4. The van der Waals surface area contributed by atoms with Crippen LogP contribution in [0.2, 0.25) is 0 Å². The molecule has 0 bridgehead atoms. The summed E-state index contributed by atoms with van der Waals surface area (Å²) in [7, 11) is 0. The molecule has 0 aromatic carbocycles. The van der Waals surface area contributed by atoms with Gasteiger partial charge in [-0.25, -0.2) is 0 Å². The molecule has 1 heterocycles. The van der Waals surface area contributed by atoms with E-state index in [1.165, 1.54) is 38.6 Å². The van der Waals surface area contributed by atoms with Gasteiger partial charge >= 0.3 is 0 Å². The van der Waals surface area contributed by atoms with Crippen LogP contribution >= 0.6 is 0 Å². The summed E-state index contributed by atoms with van der Waals surface area (Å²) in [5.41, 5.74) is 6.34.